The van der Waals surface area contributed by atoms with E-state index in [1.54, 1.807) is 6.20 Å². The van der Waals surface area contributed by atoms with Crippen molar-refractivity contribution >= 4 is 11.7 Å². The van der Waals surface area contributed by atoms with Crippen molar-refractivity contribution in [3.63, 3.8) is 0 Å². The first-order valence-corrected chi connectivity index (χ1v) is 6.02. The standard InChI is InChI=1S/C14H17N3O/c1-4-11-8-15-17-13(11)16-14(18)12-6-5-9(2)10(3)7-12/h5-8H,4H2,1-3H3,(H2,15,16,17,18). The highest BCUT2D eigenvalue weighted by atomic mass is 16.1. The molecular formula is C14H17N3O. The summed E-state index contributed by atoms with van der Waals surface area (Å²) in [7, 11) is 0. The molecule has 0 unspecified atom stereocenters. The van der Waals surface area contributed by atoms with Crippen LogP contribution >= 0.6 is 0 Å². The molecule has 0 aliphatic heterocycles. The van der Waals surface area contributed by atoms with E-state index in [9.17, 15) is 4.79 Å². The zero-order chi connectivity index (χ0) is 13.1. The van der Waals surface area contributed by atoms with Gasteiger partial charge in [0.05, 0.1) is 6.20 Å². The molecule has 0 spiro atoms. The second-order valence-electron chi connectivity index (χ2n) is 4.38. The second-order valence-corrected chi connectivity index (χ2v) is 4.38. The molecule has 2 aromatic rings. The van der Waals surface area contributed by atoms with Gasteiger partial charge in [-0.3, -0.25) is 9.89 Å². The highest BCUT2D eigenvalue weighted by Crippen LogP contribution is 2.14. The Morgan fingerprint density at radius 3 is 2.78 bits per heavy atom. The normalized spacial score (nSPS) is 10.4. The Labute approximate surface area is 106 Å². The summed E-state index contributed by atoms with van der Waals surface area (Å²) < 4.78 is 0. The molecular weight excluding hydrogens is 226 g/mol. The molecule has 1 aromatic carbocycles. The molecule has 2 N–H and O–H groups in total. The van der Waals surface area contributed by atoms with Gasteiger partial charge in [-0.1, -0.05) is 13.0 Å². The number of carbonyl (C=O) groups is 1. The molecule has 4 nitrogen and oxygen atoms in total. The molecule has 2 rings (SSSR count). The number of nitrogens with zero attached hydrogens (tertiary/aromatic N) is 1. The van der Waals surface area contributed by atoms with Crippen LogP contribution in [0.5, 0.6) is 0 Å². The molecule has 4 heteroatoms. The van der Waals surface area contributed by atoms with Gasteiger partial charge in [0.25, 0.3) is 5.91 Å². The van der Waals surface area contributed by atoms with Gasteiger partial charge in [0.15, 0.2) is 0 Å². The predicted octanol–water partition coefficient (Wildman–Crippen LogP) is 2.84. The van der Waals surface area contributed by atoms with Crippen LogP contribution in [0.1, 0.15) is 34.0 Å². The van der Waals surface area contributed by atoms with Gasteiger partial charge in [-0.2, -0.15) is 5.10 Å². The Kier molecular flexibility index (Phi) is 3.46. The van der Waals surface area contributed by atoms with Crippen LogP contribution in [0.4, 0.5) is 5.82 Å². The fourth-order valence-electron chi connectivity index (χ4n) is 1.76. The molecule has 0 fully saturated rings. The number of nitrogens with one attached hydrogen (secondary N) is 2. The van der Waals surface area contributed by atoms with Crippen LogP contribution in [0.3, 0.4) is 0 Å². The molecule has 0 bridgehead atoms. The number of aryl methyl sites for hydroxylation is 3. The maximum atomic E-state index is 12.1. The third-order valence-corrected chi connectivity index (χ3v) is 3.11. The van der Waals surface area contributed by atoms with Gasteiger partial charge in [-0.25, -0.2) is 0 Å². The van der Waals surface area contributed by atoms with E-state index in [4.69, 9.17) is 0 Å². The number of rotatable bonds is 3. The van der Waals surface area contributed by atoms with Gasteiger partial charge in [-0.05, 0) is 43.5 Å². The van der Waals surface area contributed by atoms with E-state index < -0.39 is 0 Å². The van der Waals surface area contributed by atoms with E-state index in [2.05, 4.69) is 15.5 Å². The van der Waals surface area contributed by atoms with Gasteiger partial charge in [-0.15, -0.1) is 0 Å². The molecule has 1 heterocycles. The maximum absolute atomic E-state index is 12.1. The lowest BCUT2D eigenvalue weighted by Gasteiger charge is -2.06. The maximum Gasteiger partial charge on any atom is 0.256 e. The molecule has 0 saturated carbocycles. The summed E-state index contributed by atoms with van der Waals surface area (Å²) in [6.45, 7) is 6.05. The first kappa shape index (κ1) is 12.4. The Bertz CT molecular complexity index is 572. The van der Waals surface area contributed by atoms with E-state index >= 15 is 0 Å². The summed E-state index contributed by atoms with van der Waals surface area (Å²) >= 11 is 0. The van der Waals surface area contributed by atoms with Crippen LogP contribution in [-0.2, 0) is 6.42 Å². The minimum atomic E-state index is -0.114. The minimum absolute atomic E-state index is 0.114. The number of benzene rings is 1. The van der Waals surface area contributed by atoms with Crippen molar-refractivity contribution in [1.29, 1.82) is 0 Å². The molecule has 1 aromatic heterocycles. The summed E-state index contributed by atoms with van der Waals surface area (Å²) in [4.78, 5) is 12.1. The van der Waals surface area contributed by atoms with Gasteiger partial charge in [0, 0.05) is 11.1 Å². The molecule has 0 radical (unpaired) electrons. The van der Waals surface area contributed by atoms with Crippen molar-refractivity contribution in [2.24, 2.45) is 0 Å². The van der Waals surface area contributed by atoms with Gasteiger partial charge in [0.2, 0.25) is 0 Å². The predicted molar refractivity (Wildman–Crippen MR) is 71.8 cm³/mol. The summed E-state index contributed by atoms with van der Waals surface area (Å²) in [6.07, 6.45) is 2.56. The van der Waals surface area contributed by atoms with Gasteiger partial charge < -0.3 is 5.32 Å². The summed E-state index contributed by atoms with van der Waals surface area (Å²) in [5.41, 5.74) is 3.97. The van der Waals surface area contributed by atoms with Crippen molar-refractivity contribution in [2.75, 3.05) is 5.32 Å². The van der Waals surface area contributed by atoms with Crippen molar-refractivity contribution in [3.05, 3.63) is 46.6 Å². The molecule has 18 heavy (non-hydrogen) atoms. The van der Waals surface area contributed by atoms with Gasteiger partial charge in [0.1, 0.15) is 5.82 Å². The Morgan fingerprint density at radius 2 is 2.11 bits per heavy atom. The van der Waals surface area contributed by atoms with Crippen LogP contribution < -0.4 is 5.32 Å². The smallest absolute Gasteiger partial charge is 0.256 e. The number of hydrogen-bond acceptors (Lipinski definition) is 2. The highest BCUT2D eigenvalue weighted by Gasteiger charge is 2.10. The number of carbonyl (C=O) groups excluding carboxylic acids is 1. The third-order valence-electron chi connectivity index (χ3n) is 3.11. The average Bonchev–Trinajstić information content (AvgIpc) is 2.79. The molecule has 94 valence electrons. The number of H-pyrrole nitrogens is 1. The Balaban J connectivity index is 2.19. The number of aromatic nitrogens is 2. The lowest BCUT2D eigenvalue weighted by molar-refractivity contribution is 0.102. The van der Waals surface area contributed by atoms with Crippen molar-refractivity contribution in [3.8, 4) is 0 Å². The lowest BCUT2D eigenvalue weighted by atomic mass is 10.1. The second kappa shape index (κ2) is 5.04. The largest absolute Gasteiger partial charge is 0.307 e. The first-order chi connectivity index (χ1) is 8.61. The number of amides is 1. The van der Waals surface area contributed by atoms with Crippen LogP contribution in [0.15, 0.2) is 24.4 Å². The summed E-state index contributed by atoms with van der Waals surface area (Å²) in [5, 5.41) is 9.58. The Morgan fingerprint density at radius 1 is 1.33 bits per heavy atom. The monoisotopic (exact) mass is 243 g/mol. The first-order valence-electron chi connectivity index (χ1n) is 6.02. The van der Waals surface area contributed by atoms with Crippen LogP contribution in [0, 0.1) is 13.8 Å². The zero-order valence-corrected chi connectivity index (χ0v) is 10.9. The summed E-state index contributed by atoms with van der Waals surface area (Å²) in [5.74, 6) is 0.567. The van der Waals surface area contributed by atoms with Crippen LogP contribution in [0.25, 0.3) is 0 Å². The molecule has 0 aliphatic rings. The van der Waals surface area contributed by atoms with Crippen molar-refractivity contribution in [1.82, 2.24) is 10.2 Å². The van der Waals surface area contributed by atoms with Crippen molar-refractivity contribution < 1.29 is 4.79 Å². The number of anilines is 1. The van der Waals surface area contributed by atoms with E-state index in [0.717, 1.165) is 17.5 Å². The fourth-order valence-corrected chi connectivity index (χ4v) is 1.76. The zero-order valence-electron chi connectivity index (χ0n) is 10.9. The van der Waals surface area contributed by atoms with E-state index in [-0.39, 0.29) is 5.91 Å². The minimum Gasteiger partial charge on any atom is -0.307 e. The molecule has 0 saturated heterocycles. The van der Waals surface area contributed by atoms with E-state index in [1.165, 1.54) is 5.56 Å². The average molecular weight is 243 g/mol. The van der Waals surface area contributed by atoms with Crippen molar-refractivity contribution in [2.45, 2.75) is 27.2 Å². The van der Waals surface area contributed by atoms with Crippen LogP contribution in [0.2, 0.25) is 0 Å². The third kappa shape index (κ3) is 2.42. The van der Waals surface area contributed by atoms with E-state index in [1.807, 2.05) is 39.0 Å². The molecule has 0 aliphatic carbocycles. The molecule has 1 amide bonds. The topological polar surface area (TPSA) is 57.8 Å². The SMILES string of the molecule is CCc1cn[nH]c1NC(=O)c1ccc(C)c(C)c1. The fraction of sp³-hybridized carbons (Fsp3) is 0.286. The molecule has 0 atom stereocenters. The Hall–Kier alpha value is -2.10. The quantitative estimate of drug-likeness (QED) is 0.870. The number of hydrogen-bond donors (Lipinski definition) is 2. The lowest BCUT2D eigenvalue weighted by Crippen LogP contribution is -2.13. The number of aromatic amines is 1. The van der Waals surface area contributed by atoms with E-state index in [0.29, 0.717) is 11.4 Å². The van der Waals surface area contributed by atoms with Gasteiger partial charge >= 0.3 is 0 Å². The summed E-state index contributed by atoms with van der Waals surface area (Å²) in [6, 6.07) is 5.68. The highest BCUT2D eigenvalue weighted by molar-refractivity contribution is 6.04. The van der Waals surface area contributed by atoms with Crippen LogP contribution in [-0.4, -0.2) is 16.1 Å².